The lowest BCUT2D eigenvalue weighted by Crippen LogP contribution is -1.89. The van der Waals surface area contributed by atoms with Crippen molar-refractivity contribution in [3.8, 4) is 0 Å². The first-order valence-electron chi connectivity index (χ1n) is 3.27. The number of benzene rings is 1. The second-order valence-corrected chi connectivity index (χ2v) is 3.51. The van der Waals surface area contributed by atoms with E-state index in [-0.39, 0.29) is 20.9 Å². The summed E-state index contributed by atoms with van der Waals surface area (Å²) in [4.78, 5) is 23.1. The van der Waals surface area contributed by atoms with Gasteiger partial charge in [0.25, 0.3) is 5.69 Å². The lowest BCUT2D eigenvalue weighted by atomic mass is 10.3. The zero-order chi connectivity index (χ0) is 10.7. The number of carbonyl (C=O) groups excluding carboxylic acids is 1. The minimum Gasteiger partial charge on any atom is -0.258 e. The molecule has 0 aliphatic carbocycles. The van der Waals surface area contributed by atoms with Crippen molar-refractivity contribution in [1.82, 2.24) is 0 Å². The zero-order valence-electron chi connectivity index (χ0n) is 6.53. The predicted octanol–water partition coefficient (Wildman–Crippen LogP) is 2.98. The summed E-state index contributed by atoms with van der Waals surface area (Å²) in [6.45, 7) is 0. The van der Waals surface area contributed by atoms with Crippen molar-refractivity contribution >= 4 is 45.0 Å². The van der Waals surface area contributed by atoms with Gasteiger partial charge in [-0.05, 0) is 22.0 Å². The second-order valence-electron chi connectivity index (χ2n) is 2.22. The van der Waals surface area contributed by atoms with E-state index in [9.17, 15) is 14.9 Å². The smallest absolute Gasteiger partial charge is 0.258 e. The molecule has 0 saturated heterocycles. The van der Waals surface area contributed by atoms with Crippen LogP contribution in [-0.4, -0.2) is 11.0 Å². The summed E-state index contributed by atoms with van der Waals surface area (Å²) >= 11 is 8.60. The fourth-order valence-corrected chi connectivity index (χ4v) is 1.73. The van der Waals surface area contributed by atoms with Crippen molar-refractivity contribution in [3.05, 3.63) is 31.7 Å². The maximum absolute atomic E-state index is 10.5. The van der Waals surface area contributed by atoms with Crippen LogP contribution in [0, 0.1) is 10.1 Å². The Bertz CT molecular complexity index is 443. The van der Waals surface area contributed by atoms with Crippen molar-refractivity contribution < 1.29 is 9.72 Å². The van der Waals surface area contributed by atoms with Gasteiger partial charge in [-0.25, -0.2) is 4.79 Å². The average Bonchev–Trinajstić information content (AvgIpc) is 2.09. The molecule has 1 rings (SSSR count). The molecule has 5 nitrogen and oxygen atoms in total. The first-order valence-corrected chi connectivity index (χ1v) is 4.44. The molecule has 0 saturated carbocycles. The van der Waals surface area contributed by atoms with Gasteiger partial charge in [0.15, 0.2) is 5.69 Å². The Labute approximate surface area is 91.7 Å². The third-order valence-corrected chi connectivity index (χ3v) is 2.18. The van der Waals surface area contributed by atoms with Crippen LogP contribution in [0.3, 0.4) is 0 Å². The third-order valence-electron chi connectivity index (χ3n) is 1.36. The Balaban J connectivity index is 3.51. The summed E-state index contributed by atoms with van der Waals surface area (Å²) in [6.07, 6.45) is 1.24. The Morgan fingerprint density at radius 3 is 2.71 bits per heavy atom. The van der Waals surface area contributed by atoms with E-state index in [1.807, 2.05) is 0 Å². The fraction of sp³-hybridized carbons (Fsp3) is 0. The summed E-state index contributed by atoms with van der Waals surface area (Å²) in [5.74, 6) is 0. The van der Waals surface area contributed by atoms with Gasteiger partial charge < -0.3 is 0 Å². The molecule has 72 valence electrons. The van der Waals surface area contributed by atoms with Crippen LogP contribution in [0.1, 0.15) is 0 Å². The molecule has 0 atom stereocenters. The van der Waals surface area contributed by atoms with Crippen LogP contribution < -0.4 is 0 Å². The van der Waals surface area contributed by atoms with Gasteiger partial charge in [-0.15, -0.1) is 0 Å². The van der Waals surface area contributed by atoms with Crippen LogP contribution in [-0.2, 0) is 4.79 Å². The zero-order valence-corrected chi connectivity index (χ0v) is 8.87. The van der Waals surface area contributed by atoms with Gasteiger partial charge in [-0.2, -0.15) is 4.99 Å². The molecule has 0 unspecified atom stereocenters. The highest BCUT2D eigenvalue weighted by atomic mass is 79.9. The number of halogens is 2. The molecular weight excluding hydrogens is 275 g/mol. The average molecular weight is 277 g/mol. The molecule has 0 fully saturated rings. The van der Waals surface area contributed by atoms with Crippen molar-refractivity contribution in [2.75, 3.05) is 0 Å². The summed E-state index contributed by atoms with van der Waals surface area (Å²) in [6, 6.07) is 2.52. The highest BCUT2D eigenvalue weighted by Crippen LogP contribution is 2.37. The van der Waals surface area contributed by atoms with Crippen LogP contribution in [0.4, 0.5) is 11.4 Å². The first-order chi connectivity index (χ1) is 6.56. The van der Waals surface area contributed by atoms with E-state index < -0.39 is 4.92 Å². The Morgan fingerprint density at radius 1 is 1.57 bits per heavy atom. The molecule has 0 spiro atoms. The van der Waals surface area contributed by atoms with E-state index in [0.717, 1.165) is 6.07 Å². The van der Waals surface area contributed by atoms with Gasteiger partial charge in [-0.1, -0.05) is 11.6 Å². The fourth-order valence-electron chi connectivity index (χ4n) is 0.848. The molecule has 0 N–H and O–H groups in total. The minimum absolute atomic E-state index is 0.0885. The summed E-state index contributed by atoms with van der Waals surface area (Å²) in [5, 5.41) is 10.7. The largest absolute Gasteiger partial charge is 0.298 e. The van der Waals surface area contributed by atoms with Crippen LogP contribution in [0.2, 0.25) is 5.02 Å². The number of aliphatic imine (C=N–C) groups is 1. The summed E-state index contributed by atoms with van der Waals surface area (Å²) < 4.78 is 0.278. The molecule has 1 aromatic carbocycles. The normalized spacial score (nSPS) is 9.29. The molecule has 0 aliphatic heterocycles. The maximum atomic E-state index is 10.5. The van der Waals surface area contributed by atoms with Crippen molar-refractivity contribution in [2.24, 2.45) is 4.99 Å². The van der Waals surface area contributed by atoms with Gasteiger partial charge in [0.1, 0.15) is 0 Å². The van der Waals surface area contributed by atoms with Crippen molar-refractivity contribution in [1.29, 1.82) is 0 Å². The molecule has 0 aliphatic rings. The minimum atomic E-state index is -0.674. The number of rotatable bonds is 2. The van der Waals surface area contributed by atoms with Crippen LogP contribution in [0.15, 0.2) is 21.6 Å². The predicted molar refractivity (Wildman–Crippen MR) is 53.6 cm³/mol. The molecule has 0 radical (unpaired) electrons. The second kappa shape index (κ2) is 4.32. The van der Waals surface area contributed by atoms with Gasteiger partial charge in [-0.3, -0.25) is 10.1 Å². The highest BCUT2D eigenvalue weighted by Gasteiger charge is 2.17. The number of nitro benzene ring substituents is 1. The molecule has 0 amide bonds. The first kappa shape index (κ1) is 10.8. The quantitative estimate of drug-likeness (QED) is 0.361. The molecule has 1 aromatic rings. The summed E-state index contributed by atoms with van der Waals surface area (Å²) in [5.41, 5.74) is -0.429. The van der Waals surface area contributed by atoms with E-state index in [2.05, 4.69) is 20.9 Å². The van der Waals surface area contributed by atoms with E-state index in [0.29, 0.717) is 0 Å². The van der Waals surface area contributed by atoms with E-state index in [4.69, 9.17) is 11.6 Å². The highest BCUT2D eigenvalue weighted by molar-refractivity contribution is 9.10. The lowest BCUT2D eigenvalue weighted by Gasteiger charge is -1.99. The van der Waals surface area contributed by atoms with E-state index in [1.165, 1.54) is 12.1 Å². The Morgan fingerprint density at radius 2 is 2.21 bits per heavy atom. The maximum Gasteiger partial charge on any atom is 0.298 e. The van der Waals surface area contributed by atoms with Gasteiger partial charge in [0, 0.05) is 11.1 Å². The van der Waals surface area contributed by atoms with Crippen LogP contribution in [0.5, 0.6) is 0 Å². The number of nitro groups is 1. The number of nitrogens with zero attached hydrogens (tertiary/aromatic N) is 2. The van der Waals surface area contributed by atoms with Crippen LogP contribution in [0.25, 0.3) is 0 Å². The SMILES string of the molecule is O=C=Nc1c(Br)cc(Cl)cc1[N+](=O)[O-]. The Kier molecular flexibility index (Phi) is 3.35. The standard InChI is InChI=1S/C7H2BrClN2O3/c8-5-1-4(9)2-6(11(13)14)7(5)10-3-12/h1-2H. The van der Waals surface area contributed by atoms with Gasteiger partial charge in [0.2, 0.25) is 6.08 Å². The van der Waals surface area contributed by atoms with Crippen LogP contribution >= 0.6 is 27.5 Å². The molecule has 0 heterocycles. The van der Waals surface area contributed by atoms with Gasteiger partial charge in [0.05, 0.1) is 9.40 Å². The molecule has 7 heteroatoms. The molecule has 0 bridgehead atoms. The monoisotopic (exact) mass is 276 g/mol. The summed E-state index contributed by atoms with van der Waals surface area (Å²) in [7, 11) is 0. The lowest BCUT2D eigenvalue weighted by molar-refractivity contribution is -0.384. The third kappa shape index (κ3) is 2.17. The molecular formula is C7H2BrClN2O3. The number of isocyanates is 1. The molecule has 0 aromatic heterocycles. The van der Waals surface area contributed by atoms with E-state index >= 15 is 0 Å². The number of hydrogen-bond donors (Lipinski definition) is 0. The number of hydrogen-bond acceptors (Lipinski definition) is 4. The Hall–Kier alpha value is -1.23. The topological polar surface area (TPSA) is 72.6 Å². The van der Waals surface area contributed by atoms with E-state index in [1.54, 1.807) is 0 Å². The van der Waals surface area contributed by atoms with Crippen molar-refractivity contribution in [2.45, 2.75) is 0 Å². The van der Waals surface area contributed by atoms with Crippen molar-refractivity contribution in [3.63, 3.8) is 0 Å². The van der Waals surface area contributed by atoms with Gasteiger partial charge >= 0.3 is 0 Å². The molecule has 14 heavy (non-hydrogen) atoms.